The van der Waals surface area contributed by atoms with E-state index in [2.05, 4.69) is 39.6 Å². The van der Waals surface area contributed by atoms with Crippen molar-refractivity contribution in [3.05, 3.63) is 34.7 Å². The van der Waals surface area contributed by atoms with Crippen LogP contribution in [-0.4, -0.2) is 4.98 Å². The Kier molecular flexibility index (Phi) is 13.2. The van der Waals surface area contributed by atoms with E-state index >= 15 is 0 Å². The van der Waals surface area contributed by atoms with Crippen LogP contribution in [0.2, 0.25) is 0 Å². The predicted octanol–water partition coefficient (Wildman–Crippen LogP) is 3.45. The first-order valence-electron chi connectivity index (χ1n) is 5.18. The Morgan fingerprint density at radius 2 is 1.64 bits per heavy atom. The normalized spacial score (nSPS) is 8.14. The van der Waals surface area contributed by atoms with Crippen LogP contribution in [0.15, 0.2) is 29.2 Å². The highest BCUT2D eigenvalue weighted by Crippen LogP contribution is 1.81. The molecule has 0 aromatic carbocycles. The molecule has 0 saturated carbocycles. The maximum Gasteiger partial charge on any atom is 0.247 e. The van der Waals surface area contributed by atoms with Crippen LogP contribution >= 0.6 is 0 Å². The Balaban J connectivity index is 0. The smallest absolute Gasteiger partial charge is 0.247 e. The molecule has 0 aliphatic heterocycles. The van der Waals surface area contributed by atoms with Crippen LogP contribution < -0.4 is 5.56 Å². The van der Waals surface area contributed by atoms with E-state index in [0.717, 1.165) is 5.92 Å². The molecule has 0 bridgehead atoms. The van der Waals surface area contributed by atoms with Gasteiger partial charge in [0.2, 0.25) is 5.56 Å². The summed E-state index contributed by atoms with van der Waals surface area (Å²) in [6.45, 7) is 10.8. The number of pyridine rings is 1. The summed E-state index contributed by atoms with van der Waals surface area (Å²) in [4.78, 5) is 12.7. The number of hydrogen-bond acceptors (Lipinski definition) is 1. The molecule has 82 valence electrons. The van der Waals surface area contributed by atoms with Crippen LogP contribution in [0.1, 0.15) is 41.0 Å². The van der Waals surface area contributed by atoms with Crippen LogP contribution in [0.5, 0.6) is 0 Å². The first-order chi connectivity index (χ1) is 6.54. The van der Waals surface area contributed by atoms with E-state index in [1.807, 2.05) is 0 Å². The third kappa shape index (κ3) is 22.4. The highest BCUT2D eigenvalue weighted by molar-refractivity contribution is 4.89. The van der Waals surface area contributed by atoms with Gasteiger partial charge in [-0.3, -0.25) is 4.79 Å². The van der Waals surface area contributed by atoms with Crippen molar-refractivity contribution in [3.63, 3.8) is 0 Å². The number of aromatic amines is 1. The molecule has 1 N–H and O–H groups in total. The minimum Gasteiger partial charge on any atom is -0.329 e. The van der Waals surface area contributed by atoms with E-state index in [4.69, 9.17) is 0 Å². The maximum atomic E-state index is 10.2. The van der Waals surface area contributed by atoms with Gasteiger partial charge in [0.25, 0.3) is 0 Å². The molecule has 0 spiro atoms. The third-order valence-corrected chi connectivity index (χ3v) is 0.681. The van der Waals surface area contributed by atoms with E-state index in [0.29, 0.717) is 0 Å². The first-order valence-corrected chi connectivity index (χ1v) is 5.18. The lowest BCUT2D eigenvalue weighted by Crippen LogP contribution is -1.98. The average molecular weight is 197 g/mol. The van der Waals surface area contributed by atoms with Gasteiger partial charge in [-0.1, -0.05) is 47.1 Å². The van der Waals surface area contributed by atoms with Crippen molar-refractivity contribution < 1.29 is 0 Å². The summed E-state index contributed by atoms with van der Waals surface area (Å²) in [7, 11) is 0. The van der Waals surface area contributed by atoms with Crippen LogP contribution in [0.25, 0.3) is 0 Å². The molecule has 2 heteroatoms. The summed E-state index contributed by atoms with van der Waals surface area (Å²) in [6, 6.07) is 4.93. The average Bonchev–Trinajstić information content (AvgIpc) is 2.05. The molecule has 1 aromatic rings. The van der Waals surface area contributed by atoms with Gasteiger partial charge < -0.3 is 4.98 Å². The monoisotopic (exact) mass is 197 g/mol. The molecule has 0 atom stereocenters. The predicted molar refractivity (Wildman–Crippen MR) is 63.5 cm³/mol. The highest BCUT2D eigenvalue weighted by atomic mass is 16.1. The van der Waals surface area contributed by atoms with Crippen LogP contribution in [0.4, 0.5) is 0 Å². The maximum absolute atomic E-state index is 10.2. The van der Waals surface area contributed by atoms with Gasteiger partial charge in [-0.15, -0.1) is 0 Å². The molecule has 0 saturated heterocycles. The van der Waals surface area contributed by atoms with E-state index in [1.54, 1.807) is 18.3 Å². The van der Waals surface area contributed by atoms with Crippen molar-refractivity contribution in [2.75, 3.05) is 0 Å². The zero-order valence-electron chi connectivity index (χ0n) is 10.0. The first kappa shape index (κ1) is 15.4. The summed E-state index contributed by atoms with van der Waals surface area (Å²) >= 11 is 0. The van der Waals surface area contributed by atoms with Crippen LogP contribution in [-0.2, 0) is 0 Å². The second-order valence-electron chi connectivity index (χ2n) is 3.67. The fourth-order valence-electron chi connectivity index (χ4n) is 0.377. The summed E-state index contributed by atoms with van der Waals surface area (Å²) < 4.78 is 0. The lowest BCUT2D eigenvalue weighted by atomic mass is 10.3. The Labute approximate surface area is 87.4 Å². The summed E-state index contributed by atoms with van der Waals surface area (Å²) in [5, 5.41) is 0. The molecular weight excluding hydrogens is 174 g/mol. The van der Waals surface area contributed by atoms with Crippen molar-refractivity contribution in [3.8, 4) is 0 Å². The van der Waals surface area contributed by atoms with E-state index in [1.165, 1.54) is 12.5 Å². The molecule has 1 rings (SSSR count). The molecule has 0 fully saturated rings. The molecule has 0 aliphatic carbocycles. The molecule has 1 heterocycles. The quantitative estimate of drug-likeness (QED) is 0.679. The van der Waals surface area contributed by atoms with Gasteiger partial charge in [0.15, 0.2) is 0 Å². The number of nitrogens with one attached hydrogen (secondary N) is 1. The minimum atomic E-state index is -0.0532. The van der Waals surface area contributed by atoms with Gasteiger partial charge in [-0.05, 0) is 12.0 Å². The van der Waals surface area contributed by atoms with Gasteiger partial charge in [-0.25, -0.2) is 0 Å². The zero-order chi connectivity index (χ0) is 11.4. The molecule has 0 unspecified atom stereocenters. The molecule has 0 radical (unpaired) electrons. The van der Waals surface area contributed by atoms with Crippen molar-refractivity contribution in [2.24, 2.45) is 5.92 Å². The Morgan fingerprint density at radius 3 is 1.79 bits per heavy atom. The van der Waals surface area contributed by atoms with Gasteiger partial charge >= 0.3 is 0 Å². The van der Waals surface area contributed by atoms with Crippen LogP contribution in [0.3, 0.4) is 0 Å². The van der Waals surface area contributed by atoms with Crippen LogP contribution in [0, 0.1) is 5.92 Å². The summed E-state index contributed by atoms with van der Waals surface area (Å²) in [6.07, 6.45) is 2.85. The van der Waals surface area contributed by atoms with Gasteiger partial charge in [0.1, 0.15) is 0 Å². The Bertz CT molecular complexity index is 220. The van der Waals surface area contributed by atoms with E-state index in [-0.39, 0.29) is 5.56 Å². The molecule has 2 nitrogen and oxygen atoms in total. The molecule has 1 aromatic heterocycles. The Morgan fingerprint density at radius 1 is 1.21 bits per heavy atom. The lowest BCUT2D eigenvalue weighted by molar-refractivity contribution is 0.737. The van der Waals surface area contributed by atoms with Crippen molar-refractivity contribution in [2.45, 2.75) is 41.0 Å². The third-order valence-electron chi connectivity index (χ3n) is 0.681. The molecular formula is C12H23NO. The largest absolute Gasteiger partial charge is 0.329 e. The van der Waals surface area contributed by atoms with E-state index < -0.39 is 0 Å². The van der Waals surface area contributed by atoms with Crippen molar-refractivity contribution in [1.82, 2.24) is 4.98 Å². The van der Waals surface area contributed by atoms with E-state index in [9.17, 15) is 4.79 Å². The highest BCUT2D eigenvalue weighted by Gasteiger charge is 1.69. The molecule has 0 aliphatic rings. The SMILES string of the molecule is CC(C)C.CCC.O=c1cccc[nH]1. The fourth-order valence-corrected chi connectivity index (χ4v) is 0.377. The number of aromatic nitrogens is 1. The number of hydrogen-bond donors (Lipinski definition) is 1. The van der Waals surface area contributed by atoms with Crippen molar-refractivity contribution in [1.29, 1.82) is 0 Å². The van der Waals surface area contributed by atoms with Gasteiger partial charge in [-0.2, -0.15) is 0 Å². The van der Waals surface area contributed by atoms with Crippen molar-refractivity contribution >= 4 is 0 Å². The van der Waals surface area contributed by atoms with Gasteiger partial charge in [0, 0.05) is 12.3 Å². The standard InChI is InChI=1S/C5H5NO.C4H10.C3H8/c7-5-3-1-2-4-6-5;1-4(2)3;1-3-2/h1-4H,(H,6,7);4H,1-3H3;3H2,1-2H3. The minimum absolute atomic E-state index is 0.0532. The Hall–Kier alpha value is -1.05. The fraction of sp³-hybridized carbons (Fsp3) is 0.583. The summed E-state index contributed by atoms with van der Waals surface area (Å²) in [5.74, 6) is 0.833. The second kappa shape index (κ2) is 11.9. The van der Waals surface area contributed by atoms with Gasteiger partial charge in [0.05, 0.1) is 0 Å². The second-order valence-corrected chi connectivity index (χ2v) is 3.67. The molecule has 0 amide bonds. The lowest BCUT2D eigenvalue weighted by Gasteiger charge is -1.79. The molecule has 14 heavy (non-hydrogen) atoms. The summed E-state index contributed by atoms with van der Waals surface area (Å²) in [5.41, 5.74) is -0.0532. The zero-order valence-corrected chi connectivity index (χ0v) is 10.0. The number of H-pyrrole nitrogens is 1. The topological polar surface area (TPSA) is 32.9 Å². The number of rotatable bonds is 0.